The van der Waals surface area contributed by atoms with Gasteiger partial charge < -0.3 is 10.6 Å². The van der Waals surface area contributed by atoms with Crippen LogP contribution in [0.25, 0.3) is 10.9 Å². The van der Waals surface area contributed by atoms with Crippen molar-refractivity contribution in [3.05, 3.63) is 30.0 Å². The van der Waals surface area contributed by atoms with Crippen LogP contribution in [0.3, 0.4) is 0 Å². The summed E-state index contributed by atoms with van der Waals surface area (Å²) in [5, 5.41) is 14.1. The number of carbonyl (C=O) groups excluding carboxylic acids is 1. The molecule has 1 fully saturated rings. The lowest BCUT2D eigenvalue weighted by Crippen LogP contribution is -2.32. The van der Waals surface area contributed by atoms with Crippen molar-refractivity contribution in [3.8, 4) is 0 Å². The van der Waals surface area contributed by atoms with Crippen molar-refractivity contribution in [2.75, 3.05) is 13.1 Å². The molecular weight excluding hydrogens is 228 g/mol. The van der Waals surface area contributed by atoms with Crippen molar-refractivity contribution >= 4 is 16.8 Å². The van der Waals surface area contributed by atoms with Gasteiger partial charge in [-0.1, -0.05) is 6.07 Å². The van der Waals surface area contributed by atoms with Gasteiger partial charge in [0.1, 0.15) is 0 Å². The maximum Gasteiger partial charge on any atom is 0.251 e. The van der Waals surface area contributed by atoms with Gasteiger partial charge in [0.05, 0.1) is 11.7 Å². The first kappa shape index (κ1) is 11.2. The molecule has 94 valence electrons. The third kappa shape index (κ3) is 2.51. The van der Waals surface area contributed by atoms with Gasteiger partial charge in [0.25, 0.3) is 5.91 Å². The van der Waals surface area contributed by atoms with Crippen molar-refractivity contribution in [2.24, 2.45) is 0 Å². The Hall–Kier alpha value is -1.88. The lowest BCUT2D eigenvalue weighted by Gasteiger charge is -2.06. The van der Waals surface area contributed by atoms with Gasteiger partial charge in [-0.05, 0) is 25.0 Å². The van der Waals surface area contributed by atoms with E-state index >= 15 is 0 Å². The predicted octanol–water partition coefficient (Wildman–Crippen LogP) is 1.04. The molecule has 18 heavy (non-hydrogen) atoms. The summed E-state index contributed by atoms with van der Waals surface area (Å²) >= 11 is 0. The van der Waals surface area contributed by atoms with Crippen molar-refractivity contribution in [3.63, 3.8) is 0 Å². The highest BCUT2D eigenvalue weighted by Crippen LogP contribution is 2.17. The molecule has 1 saturated carbocycles. The average Bonchev–Trinajstić information content (AvgIpc) is 3.09. The molecule has 1 amide bonds. The van der Waals surface area contributed by atoms with E-state index in [-0.39, 0.29) is 5.91 Å². The van der Waals surface area contributed by atoms with Crippen molar-refractivity contribution in [2.45, 2.75) is 18.9 Å². The number of nitrogens with one attached hydrogen (secondary N) is 3. The number of fused-ring (bicyclic) bond motifs is 1. The highest BCUT2D eigenvalue weighted by atomic mass is 16.1. The molecule has 5 heteroatoms. The standard InChI is InChI=1S/C13H16N4O/c18-13(15-6-5-14-11-3-4-11)9-1-2-10-8-16-17-12(10)7-9/h1-2,7-8,11,14H,3-6H2,(H,15,18)(H,16,17). The average molecular weight is 244 g/mol. The van der Waals surface area contributed by atoms with Gasteiger partial charge in [-0.15, -0.1) is 0 Å². The number of nitrogens with zero attached hydrogens (tertiary/aromatic N) is 1. The van der Waals surface area contributed by atoms with Crippen LogP contribution in [0.4, 0.5) is 0 Å². The zero-order chi connectivity index (χ0) is 12.4. The summed E-state index contributed by atoms with van der Waals surface area (Å²) < 4.78 is 0. The van der Waals surface area contributed by atoms with Crippen molar-refractivity contribution in [1.82, 2.24) is 20.8 Å². The molecule has 3 N–H and O–H groups in total. The maximum atomic E-state index is 11.9. The number of hydrogen-bond donors (Lipinski definition) is 3. The first-order chi connectivity index (χ1) is 8.83. The van der Waals surface area contributed by atoms with Gasteiger partial charge in [-0.2, -0.15) is 5.10 Å². The first-order valence-corrected chi connectivity index (χ1v) is 6.27. The van der Waals surface area contributed by atoms with Crippen LogP contribution in [0.5, 0.6) is 0 Å². The molecular formula is C13H16N4O. The van der Waals surface area contributed by atoms with E-state index in [2.05, 4.69) is 20.8 Å². The highest BCUT2D eigenvalue weighted by Gasteiger charge is 2.19. The normalized spacial score (nSPS) is 14.9. The summed E-state index contributed by atoms with van der Waals surface area (Å²) in [6.45, 7) is 1.50. The molecule has 5 nitrogen and oxygen atoms in total. The van der Waals surface area contributed by atoms with Crippen LogP contribution in [0, 0.1) is 0 Å². The van der Waals surface area contributed by atoms with Crippen LogP contribution < -0.4 is 10.6 Å². The fraction of sp³-hybridized carbons (Fsp3) is 0.385. The van der Waals surface area contributed by atoms with E-state index < -0.39 is 0 Å². The van der Waals surface area contributed by atoms with Gasteiger partial charge in [0, 0.05) is 30.1 Å². The summed E-state index contributed by atoms with van der Waals surface area (Å²) in [6.07, 6.45) is 4.28. The molecule has 2 aromatic rings. The van der Waals surface area contributed by atoms with E-state index in [9.17, 15) is 4.79 Å². The Morgan fingerprint density at radius 3 is 3.11 bits per heavy atom. The number of rotatable bonds is 5. The van der Waals surface area contributed by atoms with E-state index in [1.165, 1.54) is 12.8 Å². The van der Waals surface area contributed by atoms with Gasteiger partial charge in [-0.25, -0.2) is 0 Å². The lowest BCUT2D eigenvalue weighted by molar-refractivity contribution is 0.0954. The second-order valence-corrected chi connectivity index (χ2v) is 4.66. The fourth-order valence-corrected chi connectivity index (χ4v) is 1.92. The maximum absolute atomic E-state index is 11.9. The first-order valence-electron chi connectivity index (χ1n) is 6.27. The minimum Gasteiger partial charge on any atom is -0.351 e. The van der Waals surface area contributed by atoms with Crippen LogP contribution in [-0.2, 0) is 0 Å². The second-order valence-electron chi connectivity index (χ2n) is 4.66. The number of H-pyrrole nitrogens is 1. The van der Waals surface area contributed by atoms with E-state index in [1.807, 2.05) is 18.2 Å². The van der Waals surface area contributed by atoms with Gasteiger partial charge in [-0.3, -0.25) is 9.89 Å². The number of aromatic nitrogens is 2. The van der Waals surface area contributed by atoms with Gasteiger partial charge in [0.2, 0.25) is 0 Å². The van der Waals surface area contributed by atoms with Crippen LogP contribution in [0.1, 0.15) is 23.2 Å². The lowest BCUT2D eigenvalue weighted by atomic mass is 10.1. The molecule has 0 atom stereocenters. The van der Waals surface area contributed by atoms with E-state index in [0.717, 1.165) is 17.4 Å². The SMILES string of the molecule is O=C(NCCNC1CC1)c1ccc2cn[nH]c2c1. The summed E-state index contributed by atoms with van der Waals surface area (Å²) in [4.78, 5) is 11.9. The molecule has 1 aliphatic rings. The number of aromatic amines is 1. The van der Waals surface area contributed by atoms with Gasteiger partial charge in [0.15, 0.2) is 0 Å². The molecule has 0 spiro atoms. The van der Waals surface area contributed by atoms with Crippen LogP contribution in [0.15, 0.2) is 24.4 Å². The minimum atomic E-state index is -0.0379. The van der Waals surface area contributed by atoms with Gasteiger partial charge >= 0.3 is 0 Å². The molecule has 0 aliphatic heterocycles. The Labute approximate surface area is 105 Å². The smallest absolute Gasteiger partial charge is 0.251 e. The number of carbonyl (C=O) groups is 1. The fourth-order valence-electron chi connectivity index (χ4n) is 1.92. The molecule has 0 bridgehead atoms. The Bertz CT molecular complexity index is 559. The van der Waals surface area contributed by atoms with E-state index in [4.69, 9.17) is 0 Å². The topological polar surface area (TPSA) is 69.8 Å². The molecule has 1 aliphatic carbocycles. The van der Waals surface area contributed by atoms with Crippen molar-refractivity contribution in [1.29, 1.82) is 0 Å². The molecule has 3 rings (SSSR count). The monoisotopic (exact) mass is 244 g/mol. The Kier molecular flexibility index (Phi) is 2.98. The van der Waals surface area contributed by atoms with Crippen LogP contribution in [-0.4, -0.2) is 35.2 Å². The summed E-state index contributed by atoms with van der Waals surface area (Å²) in [5.74, 6) is -0.0379. The van der Waals surface area contributed by atoms with E-state index in [0.29, 0.717) is 18.2 Å². The molecule has 0 radical (unpaired) electrons. The summed E-state index contributed by atoms with van der Waals surface area (Å²) in [7, 11) is 0. The number of amides is 1. The minimum absolute atomic E-state index is 0.0379. The molecule has 1 aromatic carbocycles. The Balaban J connectivity index is 1.56. The van der Waals surface area contributed by atoms with Crippen molar-refractivity contribution < 1.29 is 4.79 Å². The number of benzene rings is 1. The zero-order valence-electron chi connectivity index (χ0n) is 10.1. The zero-order valence-corrected chi connectivity index (χ0v) is 10.1. The third-order valence-corrected chi connectivity index (χ3v) is 3.13. The predicted molar refractivity (Wildman–Crippen MR) is 69.5 cm³/mol. The summed E-state index contributed by atoms with van der Waals surface area (Å²) in [6, 6.07) is 6.23. The second kappa shape index (κ2) is 4.78. The Morgan fingerprint density at radius 2 is 2.28 bits per heavy atom. The summed E-state index contributed by atoms with van der Waals surface area (Å²) in [5.41, 5.74) is 1.55. The Morgan fingerprint density at radius 1 is 1.39 bits per heavy atom. The molecule has 0 saturated heterocycles. The van der Waals surface area contributed by atoms with Crippen LogP contribution in [0.2, 0.25) is 0 Å². The third-order valence-electron chi connectivity index (χ3n) is 3.13. The highest BCUT2D eigenvalue weighted by molar-refractivity contribution is 5.97. The van der Waals surface area contributed by atoms with Crippen LogP contribution >= 0.6 is 0 Å². The molecule has 1 aromatic heterocycles. The quantitative estimate of drug-likeness (QED) is 0.688. The largest absolute Gasteiger partial charge is 0.351 e. The molecule has 0 unspecified atom stereocenters. The van der Waals surface area contributed by atoms with E-state index in [1.54, 1.807) is 6.20 Å². The number of hydrogen-bond acceptors (Lipinski definition) is 3. The molecule has 1 heterocycles.